The van der Waals surface area contributed by atoms with Crippen molar-refractivity contribution in [3.05, 3.63) is 34.3 Å². The summed E-state index contributed by atoms with van der Waals surface area (Å²) in [5.41, 5.74) is 2.22. The Labute approximate surface area is 106 Å². The summed E-state index contributed by atoms with van der Waals surface area (Å²) in [4.78, 5) is 0. The van der Waals surface area contributed by atoms with Crippen molar-refractivity contribution < 1.29 is 0 Å². The lowest BCUT2D eigenvalue weighted by atomic mass is 9.56. The van der Waals surface area contributed by atoms with Crippen molar-refractivity contribution in [1.29, 1.82) is 0 Å². The van der Waals surface area contributed by atoms with Gasteiger partial charge in [0.05, 0.1) is 0 Å². The minimum absolute atomic E-state index is 0.693. The predicted molar refractivity (Wildman–Crippen MR) is 70.7 cm³/mol. The van der Waals surface area contributed by atoms with Gasteiger partial charge in [0.25, 0.3) is 0 Å². The van der Waals surface area contributed by atoms with Crippen molar-refractivity contribution in [3.8, 4) is 0 Å². The number of piperidine rings is 1. The normalized spacial score (nSPS) is 24.3. The highest BCUT2D eigenvalue weighted by Gasteiger charge is 2.44. The number of hydrogen-bond acceptors (Lipinski definition) is 1. The maximum Gasteiger partial charge on any atom is 0.0178 e. The van der Waals surface area contributed by atoms with Crippen LogP contribution in [0.1, 0.15) is 37.2 Å². The molecule has 0 amide bonds. The molecular weight excluding hydrogens is 262 g/mol. The van der Waals surface area contributed by atoms with Crippen LogP contribution in [0.3, 0.4) is 0 Å². The molecule has 3 rings (SSSR count). The van der Waals surface area contributed by atoms with E-state index in [-0.39, 0.29) is 0 Å². The number of benzene rings is 1. The summed E-state index contributed by atoms with van der Waals surface area (Å²) in [6, 6.07) is 8.84. The molecule has 0 aromatic heterocycles. The first-order valence-corrected chi connectivity index (χ1v) is 7.03. The molecule has 0 bridgehead atoms. The average molecular weight is 280 g/mol. The quantitative estimate of drug-likeness (QED) is 0.827. The van der Waals surface area contributed by atoms with E-state index in [4.69, 9.17) is 0 Å². The first-order valence-electron chi connectivity index (χ1n) is 6.24. The van der Waals surface area contributed by atoms with Crippen molar-refractivity contribution >= 4 is 15.9 Å². The van der Waals surface area contributed by atoms with Gasteiger partial charge < -0.3 is 5.32 Å². The first kappa shape index (κ1) is 10.8. The van der Waals surface area contributed by atoms with Gasteiger partial charge in [-0.3, -0.25) is 0 Å². The standard InChI is InChI=1S/C14H18BrN/c15-13-3-1-2-11(8-13)12-9-14(10-12)4-6-16-7-5-14/h1-3,8,12,16H,4-7,9-10H2. The molecule has 1 heterocycles. The lowest BCUT2D eigenvalue weighted by Gasteiger charge is -2.50. The lowest BCUT2D eigenvalue weighted by Crippen LogP contribution is -2.44. The topological polar surface area (TPSA) is 12.0 Å². The first-order chi connectivity index (χ1) is 7.77. The van der Waals surface area contributed by atoms with Crippen LogP contribution in [-0.4, -0.2) is 13.1 Å². The molecule has 2 heteroatoms. The second-order valence-corrected chi connectivity index (χ2v) is 6.33. The van der Waals surface area contributed by atoms with Gasteiger partial charge in [0.15, 0.2) is 0 Å². The molecule has 2 aliphatic rings. The van der Waals surface area contributed by atoms with Crippen LogP contribution in [0, 0.1) is 5.41 Å². The van der Waals surface area contributed by atoms with Crippen molar-refractivity contribution in [1.82, 2.24) is 5.32 Å². The van der Waals surface area contributed by atoms with E-state index in [0.29, 0.717) is 5.41 Å². The van der Waals surface area contributed by atoms with E-state index >= 15 is 0 Å². The molecule has 1 spiro atoms. The second-order valence-electron chi connectivity index (χ2n) is 5.41. The Morgan fingerprint density at radius 2 is 1.94 bits per heavy atom. The summed E-state index contributed by atoms with van der Waals surface area (Å²) in [5, 5.41) is 3.46. The van der Waals surface area contributed by atoms with Gasteiger partial charge in [-0.1, -0.05) is 28.1 Å². The Morgan fingerprint density at radius 3 is 2.62 bits per heavy atom. The SMILES string of the molecule is Brc1cccc(C2CC3(CCNCC3)C2)c1. The van der Waals surface area contributed by atoms with Crippen LogP contribution < -0.4 is 5.32 Å². The summed E-state index contributed by atoms with van der Waals surface area (Å²) in [6.07, 6.45) is 5.59. The van der Waals surface area contributed by atoms with E-state index in [1.807, 2.05) is 0 Å². The number of rotatable bonds is 1. The van der Waals surface area contributed by atoms with Gasteiger partial charge in [0, 0.05) is 4.47 Å². The van der Waals surface area contributed by atoms with E-state index in [0.717, 1.165) is 5.92 Å². The highest BCUT2D eigenvalue weighted by molar-refractivity contribution is 9.10. The Hall–Kier alpha value is -0.340. The zero-order chi connectivity index (χ0) is 11.0. The molecule has 2 fully saturated rings. The van der Waals surface area contributed by atoms with Crippen molar-refractivity contribution in [2.45, 2.75) is 31.6 Å². The average Bonchev–Trinajstić information content (AvgIpc) is 2.27. The molecule has 1 aromatic carbocycles. The summed E-state index contributed by atoms with van der Waals surface area (Å²) >= 11 is 3.56. The molecular formula is C14H18BrN. The zero-order valence-electron chi connectivity index (χ0n) is 9.51. The van der Waals surface area contributed by atoms with Gasteiger partial charge in [0.2, 0.25) is 0 Å². The van der Waals surface area contributed by atoms with Crippen LogP contribution in [0.2, 0.25) is 0 Å². The third-order valence-electron chi connectivity index (χ3n) is 4.34. The van der Waals surface area contributed by atoms with E-state index in [1.165, 1.54) is 48.8 Å². The molecule has 1 saturated heterocycles. The summed E-state index contributed by atoms with van der Waals surface area (Å²) in [6.45, 7) is 2.45. The monoisotopic (exact) mass is 279 g/mol. The van der Waals surface area contributed by atoms with Gasteiger partial charge in [-0.15, -0.1) is 0 Å². The number of hydrogen-bond donors (Lipinski definition) is 1. The minimum atomic E-state index is 0.693. The maximum absolute atomic E-state index is 3.56. The fraction of sp³-hybridized carbons (Fsp3) is 0.571. The molecule has 16 heavy (non-hydrogen) atoms. The summed E-state index contributed by atoms with van der Waals surface area (Å²) < 4.78 is 1.22. The van der Waals surface area contributed by atoms with Crippen molar-refractivity contribution in [2.24, 2.45) is 5.41 Å². The minimum Gasteiger partial charge on any atom is -0.317 e. The largest absolute Gasteiger partial charge is 0.317 e. The highest BCUT2D eigenvalue weighted by Crippen LogP contribution is 2.55. The highest BCUT2D eigenvalue weighted by atomic mass is 79.9. The third kappa shape index (κ3) is 1.93. The molecule has 1 saturated carbocycles. The molecule has 0 radical (unpaired) electrons. The van der Waals surface area contributed by atoms with E-state index in [2.05, 4.69) is 45.5 Å². The van der Waals surface area contributed by atoms with E-state index < -0.39 is 0 Å². The van der Waals surface area contributed by atoms with Gasteiger partial charge in [-0.05, 0) is 67.8 Å². The molecule has 1 aliphatic heterocycles. The Balaban J connectivity index is 1.68. The fourth-order valence-electron chi connectivity index (χ4n) is 3.35. The van der Waals surface area contributed by atoms with E-state index in [9.17, 15) is 0 Å². The van der Waals surface area contributed by atoms with Crippen LogP contribution in [0.4, 0.5) is 0 Å². The zero-order valence-corrected chi connectivity index (χ0v) is 11.1. The maximum atomic E-state index is 3.56. The molecule has 1 aromatic rings. The smallest absolute Gasteiger partial charge is 0.0178 e. The van der Waals surface area contributed by atoms with Gasteiger partial charge in [-0.25, -0.2) is 0 Å². The van der Waals surface area contributed by atoms with Crippen molar-refractivity contribution in [2.75, 3.05) is 13.1 Å². The summed E-state index contributed by atoms with van der Waals surface area (Å²) in [7, 11) is 0. The van der Waals surface area contributed by atoms with Crippen molar-refractivity contribution in [3.63, 3.8) is 0 Å². The Morgan fingerprint density at radius 1 is 1.19 bits per heavy atom. The number of nitrogens with one attached hydrogen (secondary N) is 1. The lowest BCUT2D eigenvalue weighted by molar-refractivity contribution is 0.0604. The molecule has 1 nitrogen and oxygen atoms in total. The molecule has 1 aliphatic carbocycles. The van der Waals surface area contributed by atoms with Crippen LogP contribution in [0.25, 0.3) is 0 Å². The Bertz CT molecular complexity index is 374. The molecule has 0 atom stereocenters. The molecule has 0 unspecified atom stereocenters. The van der Waals surface area contributed by atoms with Gasteiger partial charge in [-0.2, -0.15) is 0 Å². The molecule has 1 N–H and O–H groups in total. The third-order valence-corrected chi connectivity index (χ3v) is 4.84. The van der Waals surface area contributed by atoms with Gasteiger partial charge >= 0.3 is 0 Å². The van der Waals surface area contributed by atoms with Crippen LogP contribution >= 0.6 is 15.9 Å². The van der Waals surface area contributed by atoms with E-state index in [1.54, 1.807) is 0 Å². The number of halogens is 1. The molecule has 86 valence electrons. The second kappa shape index (κ2) is 4.15. The fourth-order valence-corrected chi connectivity index (χ4v) is 3.76. The predicted octanol–water partition coefficient (Wildman–Crippen LogP) is 3.70. The van der Waals surface area contributed by atoms with Gasteiger partial charge in [0.1, 0.15) is 0 Å². The van der Waals surface area contributed by atoms with Crippen LogP contribution in [-0.2, 0) is 0 Å². The van der Waals surface area contributed by atoms with Crippen LogP contribution in [0.5, 0.6) is 0 Å². The van der Waals surface area contributed by atoms with Crippen LogP contribution in [0.15, 0.2) is 28.7 Å². The summed E-state index contributed by atoms with van der Waals surface area (Å²) in [5.74, 6) is 0.815. The Kier molecular flexibility index (Phi) is 2.80.